The highest BCUT2D eigenvalue weighted by molar-refractivity contribution is 7.98. The Balaban J connectivity index is 1.99. The molecule has 5 heteroatoms. The molecule has 0 unspecified atom stereocenters. The summed E-state index contributed by atoms with van der Waals surface area (Å²) in [6.45, 7) is 1.95. The molecule has 0 atom stereocenters. The first kappa shape index (κ1) is 11.1. The first-order chi connectivity index (χ1) is 7.79. The van der Waals surface area contributed by atoms with Gasteiger partial charge in [-0.25, -0.2) is 4.39 Å². The molecule has 0 bridgehead atoms. The topological polar surface area (TPSA) is 38.9 Å². The van der Waals surface area contributed by atoms with Crippen LogP contribution in [0.25, 0.3) is 0 Å². The van der Waals surface area contributed by atoms with Crippen molar-refractivity contribution in [1.82, 2.24) is 10.2 Å². The molecule has 2 rings (SSSR count). The molecule has 1 heterocycles. The van der Waals surface area contributed by atoms with E-state index in [4.69, 9.17) is 4.42 Å². The normalized spacial score (nSPS) is 10.6. The second-order valence-electron chi connectivity index (χ2n) is 3.16. The second kappa shape index (κ2) is 5.12. The van der Waals surface area contributed by atoms with Crippen molar-refractivity contribution in [2.24, 2.45) is 0 Å². The quantitative estimate of drug-likeness (QED) is 0.767. The van der Waals surface area contributed by atoms with Gasteiger partial charge in [-0.05, 0) is 12.1 Å². The molecule has 0 saturated heterocycles. The summed E-state index contributed by atoms with van der Waals surface area (Å²) in [7, 11) is 0. The summed E-state index contributed by atoms with van der Waals surface area (Å²) in [6, 6.07) is 6.64. The van der Waals surface area contributed by atoms with Crippen molar-refractivity contribution in [3.8, 4) is 0 Å². The molecule has 0 N–H and O–H groups in total. The highest BCUT2D eigenvalue weighted by atomic mass is 32.2. The van der Waals surface area contributed by atoms with Gasteiger partial charge in [-0.1, -0.05) is 19.1 Å². The van der Waals surface area contributed by atoms with Crippen LogP contribution in [0.15, 0.2) is 33.6 Å². The Kier molecular flexibility index (Phi) is 3.56. The minimum Gasteiger partial charge on any atom is -0.424 e. The summed E-state index contributed by atoms with van der Waals surface area (Å²) >= 11 is 1.35. The number of aromatic nitrogens is 2. The van der Waals surface area contributed by atoms with Gasteiger partial charge < -0.3 is 4.42 Å². The molecular weight excluding hydrogens is 227 g/mol. The number of hydrogen-bond acceptors (Lipinski definition) is 4. The van der Waals surface area contributed by atoms with E-state index in [-0.39, 0.29) is 5.82 Å². The lowest BCUT2D eigenvalue weighted by atomic mass is 10.3. The summed E-state index contributed by atoms with van der Waals surface area (Å²) in [6.07, 6.45) is 0.720. The van der Waals surface area contributed by atoms with E-state index >= 15 is 0 Å². The Morgan fingerprint density at radius 3 is 2.69 bits per heavy atom. The average Bonchev–Trinajstić information content (AvgIpc) is 2.76. The Morgan fingerprint density at radius 2 is 2.00 bits per heavy atom. The van der Waals surface area contributed by atoms with Gasteiger partial charge in [0.05, 0.1) is 5.75 Å². The Bertz CT molecular complexity index is 473. The van der Waals surface area contributed by atoms with Gasteiger partial charge in [0.15, 0.2) is 0 Å². The monoisotopic (exact) mass is 238 g/mol. The van der Waals surface area contributed by atoms with Crippen LogP contribution in [0.5, 0.6) is 0 Å². The molecule has 0 aliphatic heterocycles. The Labute approximate surface area is 97.1 Å². The molecule has 2 aromatic rings. The fourth-order valence-electron chi connectivity index (χ4n) is 1.19. The number of rotatable bonds is 4. The molecule has 0 aliphatic rings. The molecule has 3 nitrogen and oxygen atoms in total. The van der Waals surface area contributed by atoms with Crippen molar-refractivity contribution in [2.75, 3.05) is 0 Å². The fourth-order valence-corrected chi connectivity index (χ4v) is 1.97. The summed E-state index contributed by atoms with van der Waals surface area (Å²) in [5.74, 6) is 1.42. The molecule has 0 radical (unpaired) electrons. The van der Waals surface area contributed by atoms with E-state index in [0.717, 1.165) is 6.42 Å². The van der Waals surface area contributed by atoms with Gasteiger partial charge >= 0.3 is 0 Å². The molecule has 0 amide bonds. The van der Waals surface area contributed by atoms with Gasteiger partial charge in [0.1, 0.15) is 5.82 Å². The van der Waals surface area contributed by atoms with E-state index in [1.54, 1.807) is 18.2 Å². The number of halogens is 1. The Hall–Kier alpha value is -1.36. The maximum atomic E-state index is 13.3. The molecular formula is C11H11FN2OS. The van der Waals surface area contributed by atoms with Gasteiger partial charge in [-0.3, -0.25) is 0 Å². The van der Waals surface area contributed by atoms with E-state index in [9.17, 15) is 4.39 Å². The van der Waals surface area contributed by atoms with E-state index < -0.39 is 0 Å². The van der Waals surface area contributed by atoms with Crippen LogP contribution < -0.4 is 0 Å². The summed E-state index contributed by atoms with van der Waals surface area (Å²) < 4.78 is 18.6. The first-order valence-corrected chi connectivity index (χ1v) is 5.96. The SMILES string of the molecule is CCc1nnc(CSc2ccccc2F)o1. The van der Waals surface area contributed by atoms with Crippen molar-refractivity contribution < 1.29 is 8.81 Å². The molecule has 16 heavy (non-hydrogen) atoms. The largest absolute Gasteiger partial charge is 0.424 e. The number of nitrogens with zero attached hydrogens (tertiary/aromatic N) is 2. The standard InChI is InChI=1S/C11H11FN2OS/c1-2-10-13-14-11(15-10)7-16-9-6-4-3-5-8(9)12/h3-6H,2,7H2,1H3. The second-order valence-corrected chi connectivity index (χ2v) is 4.18. The van der Waals surface area contributed by atoms with Crippen molar-refractivity contribution in [2.45, 2.75) is 24.0 Å². The van der Waals surface area contributed by atoms with E-state index in [1.165, 1.54) is 17.8 Å². The van der Waals surface area contributed by atoms with E-state index in [2.05, 4.69) is 10.2 Å². The van der Waals surface area contributed by atoms with Crippen LogP contribution in [0.3, 0.4) is 0 Å². The fraction of sp³-hybridized carbons (Fsp3) is 0.273. The number of aryl methyl sites for hydroxylation is 1. The minimum atomic E-state index is -0.220. The van der Waals surface area contributed by atoms with E-state index in [0.29, 0.717) is 22.4 Å². The highest BCUT2D eigenvalue weighted by Crippen LogP contribution is 2.24. The maximum Gasteiger partial charge on any atom is 0.226 e. The molecule has 1 aromatic carbocycles. The zero-order valence-electron chi connectivity index (χ0n) is 8.81. The van der Waals surface area contributed by atoms with Gasteiger partial charge in [-0.2, -0.15) is 0 Å². The van der Waals surface area contributed by atoms with Gasteiger partial charge in [0, 0.05) is 11.3 Å². The number of hydrogen-bond donors (Lipinski definition) is 0. The van der Waals surface area contributed by atoms with Crippen LogP contribution in [0.4, 0.5) is 4.39 Å². The van der Waals surface area contributed by atoms with Crippen molar-refractivity contribution in [3.05, 3.63) is 41.9 Å². The summed E-state index contributed by atoms with van der Waals surface area (Å²) in [4.78, 5) is 0.596. The molecule has 0 fully saturated rings. The zero-order valence-corrected chi connectivity index (χ0v) is 9.63. The lowest BCUT2D eigenvalue weighted by molar-refractivity contribution is 0.470. The molecule has 84 valence electrons. The van der Waals surface area contributed by atoms with E-state index in [1.807, 2.05) is 6.92 Å². The molecule has 0 spiro atoms. The maximum absolute atomic E-state index is 13.3. The molecule has 0 aliphatic carbocycles. The third-order valence-corrected chi connectivity index (χ3v) is 3.03. The lowest BCUT2D eigenvalue weighted by Gasteiger charge is -1.99. The number of thioether (sulfide) groups is 1. The first-order valence-electron chi connectivity index (χ1n) is 4.98. The van der Waals surface area contributed by atoms with Crippen molar-refractivity contribution in [1.29, 1.82) is 0 Å². The Morgan fingerprint density at radius 1 is 1.25 bits per heavy atom. The smallest absolute Gasteiger partial charge is 0.226 e. The molecule has 0 saturated carbocycles. The summed E-state index contributed by atoms with van der Waals surface area (Å²) in [5.41, 5.74) is 0. The third kappa shape index (κ3) is 2.61. The number of benzene rings is 1. The lowest BCUT2D eigenvalue weighted by Crippen LogP contribution is -1.83. The van der Waals surface area contributed by atoms with Crippen LogP contribution in [0.2, 0.25) is 0 Å². The van der Waals surface area contributed by atoms with Crippen molar-refractivity contribution in [3.63, 3.8) is 0 Å². The average molecular weight is 238 g/mol. The summed E-state index contributed by atoms with van der Waals surface area (Å²) in [5, 5.41) is 7.72. The van der Waals surface area contributed by atoms with Crippen LogP contribution in [0.1, 0.15) is 18.7 Å². The predicted octanol–water partition coefficient (Wildman–Crippen LogP) is 3.06. The van der Waals surface area contributed by atoms with Gasteiger partial charge in [0.25, 0.3) is 0 Å². The predicted molar refractivity (Wildman–Crippen MR) is 59.6 cm³/mol. The minimum absolute atomic E-state index is 0.220. The van der Waals surface area contributed by atoms with Crippen LogP contribution >= 0.6 is 11.8 Å². The van der Waals surface area contributed by atoms with Crippen LogP contribution in [-0.2, 0) is 12.2 Å². The zero-order chi connectivity index (χ0) is 11.4. The van der Waals surface area contributed by atoms with Gasteiger partial charge in [-0.15, -0.1) is 22.0 Å². The van der Waals surface area contributed by atoms with Gasteiger partial charge in [0.2, 0.25) is 11.8 Å². The molecule has 1 aromatic heterocycles. The van der Waals surface area contributed by atoms with Crippen molar-refractivity contribution >= 4 is 11.8 Å². The third-order valence-electron chi connectivity index (χ3n) is 2.00. The highest BCUT2D eigenvalue weighted by Gasteiger charge is 2.07. The van der Waals surface area contributed by atoms with Crippen LogP contribution in [0, 0.1) is 5.82 Å². The van der Waals surface area contributed by atoms with Crippen LogP contribution in [-0.4, -0.2) is 10.2 Å².